The molecule has 0 aliphatic rings. The number of nitrogens with zero attached hydrogens (tertiary/aromatic N) is 2. The van der Waals surface area contributed by atoms with Crippen molar-refractivity contribution >= 4 is 0 Å². The lowest BCUT2D eigenvalue weighted by Crippen LogP contribution is -2.07. The molecule has 0 spiro atoms. The van der Waals surface area contributed by atoms with Crippen LogP contribution in [0.4, 0.5) is 13.2 Å². The van der Waals surface area contributed by atoms with Gasteiger partial charge < -0.3 is 10.5 Å². The molecule has 0 aliphatic heterocycles. The lowest BCUT2D eigenvalue weighted by Gasteiger charge is -2.12. The molecule has 2 aromatic rings. The van der Waals surface area contributed by atoms with Gasteiger partial charge in [-0.2, -0.15) is 18.3 Å². The maximum Gasteiger partial charge on any atom is 0.419 e. The third-order valence-corrected chi connectivity index (χ3v) is 2.22. The Balaban J connectivity index is 2.29. The van der Waals surface area contributed by atoms with Crippen LogP contribution in [-0.4, -0.2) is 9.78 Å². The number of para-hydroxylation sites is 1. The number of hydrogen-bond donors (Lipinski definition) is 1. The first-order valence-corrected chi connectivity index (χ1v) is 5.07. The highest BCUT2D eigenvalue weighted by Crippen LogP contribution is 2.37. The predicted molar refractivity (Wildman–Crippen MR) is 57.9 cm³/mol. The second-order valence-corrected chi connectivity index (χ2v) is 3.49. The summed E-state index contributed by atoms with van der Waals surface area (Å²) in [5.74, 6) is -0.0567. The molecule has 1 aromatic heterocycles. The van der Waals surface area contributed by atoms with E-state index in [0.29, 0.717) is 0 Å². The largest absolute Gasteiger partial charge is 0.453 e. The summed E-state index contributed by atoms with van der Waals surface area (Å²) in [5.41, 5.74) is 4.49. The Morgan fingerprint density at radius 3 is 2.61 bits per heavy atom. The third kappa shape index (κ3) is 2.62. The van der Waals surface area contributed by atoms with E-state index in [1.165, 1.54) is 35.3 Å². The summed E-state index contributed by atoms with van der Waals surface area (Å²) in [6.07, 6.45) is -1.73. The monoisotopic (exact) mass is 257 g/mol. The van der Waals surface area contributed by atoms with E-state index in [0.717, 1.165) is 6.07 Å². The van der Waals surface area contributed by atoms with Gasteiger partial charge in [0.2, 0.25) is 0 Å². The number of aromatic nitrogens is 2. The zero-order chi connectivity index (χ0) is 13.2. The molecule has 4 nitrogen and oxygen atoms in total. The molecule has 0 bridgehead atoms. The molecule has 0 unspecified atom stereocenters. The molecule has 1 aromatic carbocycles. The number of nitrogens with two attached hydrogens (primary N) is 1. The van der Waals surface area contributed by atoms with E-state index in [1.807, 2.05) is 0 Å². The zero-order valence-corrected chi connectivity index (χ0v) is 9.19. The van der Waals surface area contributed by atoms with Gasteiger partial charge >= 0.3 is 6.18 Å². The SMILES string of the molecule is NCn1cc(Oc2ccccc2C(F)(F)F)cn1. The van der Waals surface area contributed by atoms with E-state index in [2.05, 4.69) is 5.10 Å². The number of ether oxygens (including phenoxy) is 1. The normalized spacial score (nSPS) is 11.6. The lowest BCUT2D eigenvalue weighted by molar-refractivity contribution is -0.138. The van der Waals surface area contributed by atoms with Crippen molar-refractivity contribution in [3.05, 3.63) is 42.2 Å². The molecule has 0 atom stereocenters. The van der Waals surface area contributed by atoms with Crippen LogP contribution in [0.2, 0.25) is 0 Å². The Bertz CT molecular complexity index is 536. The van der Waals surface area contributed by atoms with E-state index >= 15 is 0 Å². The van der Waals surface area contributed by atoms with E-state index in [4.69, 9.17) is 10.5 Å². The molecular weight excluding hydrogens is 247 g/mol. The second-order valence-electron chi connectivity index (χ2n) is 3.49. The first kappa shape index (κ1) is 12.4. The third-order valence-electron chi connectivity index (χ3n) is 2.22. The van der Waals surface area contributed by atoms with Crippen LogP contribution in [-0.2, 0) is 12.8 Å². The summed E-state index contributed by atoms with van der Waals surface area (Å²) in [6, 6.07) is 4.99. The van der Waals surface area contributed by atoms with Gasteiger partial charge in [-0.15, -0.1) is 0 Å². The smallest absolute Gasteiger partial charge is 0.419 e. The topological polar surface area (TPSA) is 53.1 Å². The summed E-state index contributed by atoms with van der Waals surface area (Å²) in [6.45, 7) is 0.129. The molecule has 0 aliphatic carbocycles. The maximum atomic E-state index is 12.7. The molecule has 2 N–H and O–H groups in total. The first-order chi connectivity index (χ1) is 8.50. The van der Waals surface area contributed by atoms with Crippen molar-refractivity contribution in [1.29, 1.82) is 0 Å². The van der Waals surface area contributed by atoms with E-state index in [-0.39, 0.29) is 18.2 Å². The molecule has 18 heavy (non-hydrogen) atoms. The Hall–Kier alpha value is -2.02. The van der Waals surface area contributed by atoms with E-state index in [1.54, 1.807) is 0 Å². The fourth-order valence-electron chi connectivity index (χ4n) is 1.41. The Kier molecular flexibility index (Phi) is 3.24. The fourth-order valence-corrected chi connectivity index (χ4v) is 1.41. The molecule has 96 valence electrons. The zero-order valence-electron chi connectivity index (χ0n) is 9.19. The van der Waals surface area contributed by atoms with Crippen LogP contribution in [0.5, 0.6) is 11.5 Å². The summed E-state index contributed by atoms with van der Waals surface area (Å²) in [7, 11) is 0. The number of alkyl halides is 3. The minimum atomic E-state index is -4.46. The molecule has 0 amide bonds. The lowest BCUT2D eigenvalue weighted by atomic mass is 10.2. The van der Waals surface area contributed by atoms with E-state index in [9.17, 15) is 13.2 Å². The average molecular weight is 257 g/mol. The summed E-state index contributed by atoms with van der Waals surface area (Å²) in [5, 5.41) is 3.81. The van der Waals surface area contributed by atoms with Crippen molar-refractivity contribution in [3.8, 4) is 11.5 Å². The molecule has 0 saturated carbocycles. The van der Waals surface area contributed by atoms with Crippen LogP contribution in [0.25, 0.3) is 0 Å². The van der Waals surface area contributed by atoms with Crippen LogP contribution in [0, 0.1) is 0 Å². The van der Waals surface area contributed by atoms with Crippen LogP contribution in [0.3, 0.4) is 0 Å². The van der Waals surface area contributed by atoms with Crippen molar-refractivity contribution in [1.82, 2.24) is 9.78 Å². The van der Waals surface area contributed by atoms with Gasteiger partial charge in [0.25, 0.3) is 0 Å². The Morgan fingerprint density at radius 1 is 1.28 bits per heavy atom. The number of rotatable bonds is 3. The van der Waals surface area contributed by atoms with Crippen LogP contribution in [0.15, 0.2) is 36.7 Å². The number of hydrogen-bond acceptors (Lipinski definition) is 3. The maximum absolute atomic E-state index is 12.7. The number of halogens is 3. The minimum absolute atomic E-state index is 0.129. The van der Waals surface area contributed by atoms with Crippen molar-refractivity contribution < 1.29 is 17.9 Å². The van der Waals surface area contributed by atoms with Gasteiger partial charge in [-0.3, -0.25) is 4.68 Å². The van der Waals surface area contributed by atoms with E-state index < -0.39 is 11.7 Å². The fraction of sp³-hybridized carbons (Fsp3) is 0.182. The predicted octanol–water partition coefficient (Wildman–Crippen LogP) is 2.61. The molecule has 2 rings (SSSR count). The van der Waals surface area contributed by atoms with Crippen LogP contribution < -0.4 is 10.5 Å². The standard InChI is InChI=1S/C11H10F3N3O/c12-11(13,14)9-3-1-2-4-10(9)18-8-5-16-17(6-8)7-15/h1-6H,7,15H2. The highest BCUT2D eigenvalue weighted by molar-refractivity contribution is 5.38. The van der Waals surface area contributed by atoms with Crippen LogP contribution in [0.1, 0.15) is 5.56 Å². The minimum Gasteiger partial charge on any atom is -0.453 e. The van der Waals surface area contributed by atoms with Gasteiger partial charge in [0.15, 0.2) is 5.75 Å². The molecule has 0 fully saturated rings. The number of benzene rings is 1. The molecule has 1 heterocycles. The highest BCUT2D eigenvalue weighted by Gasteiger charge is 2.34. The molecule has 0 radical (unpaired) electrons. The average Bonchev–Trinajstić information content (AvgIpc) is 2.76. The van der Waals surface area contributed by atoms with Gasteiger partial charge in [-0.1, -0.05) is 12.1 Å². The van der Waals surface area contributed by atoms with Gasteiger partial charge in [-0.25, -0.2) is 0 Å². The Morgan fingerprint density at radius 2 is 2.00 bits per heavy atom. The molecular formula is C11H10F3N3O. The first-order valence-electron chi connectivity index (χ1n) is 5.07. The molecule has 7 heteroatoms. The van der Waals surface area contributed by atoms with Gasteiger partial charge in [0.1, 0.15) is 5.75 Å². The summed E-state index contributed by atoms with van der Waals surface area (Å²) in [4.78, 5) is 0. The summed E-state index contributed by atoms with van der Waals surface area (Å²) >= 11 is 0. The molecule has 0 saturated heterocycles. The van der Waals surface area contributed by atoms with Gasteiger partial charge in [0.05, 0.1) is 24.6 Å². The second kappa shape index (κ2) is 4.69. The van der Waals surface area contributed by atoms with Gasteiger partial charge in [-0.05, 0) is 12.1 Å². The van der Waals surface area contributed by atoms with Crippen LogP contribution >= 0.6 is 0 Å². The van der Waals surface area contributed by atoms with Gasteiger partial charge in [0, 0.05) is 0 Å². The van der Waals surface area contributed by atoms with Crippen molar-refractivity contribution in [2.75, 3.05) is 0 Å². The summed E-state index contributed by atoms with van der Waals surface area (Å²) < 4.78 is 44.6. The Labute approximate surface area is 101 Å². The quantitative estimate of drug-likeness (QED) is 0.919. The van der Waals surface area contributed by atoms with Crippen molar-refractivity contribution in [2.24, 2.45) is 5.73 Å². The van der Waals surface area contributed by atoms with Crippen molar-refractivity contribution in [2.45, 2.75) is 12.8 Å². The van der Waals surface area contributed by atoms with Crippen molar-refractivity contribution in [3.63, 3.8) is 0 Å². The highest BCUT2D eigenvalue weighted by atomic mass is 19.4.